The average molecular weight is 442 g/mol. The normalized spacial score (nSPS) is 23.9. The lowest BCUT2D eigenvalue weighted by molar-refractivity contribution is -0.189. The molecular weight excluding hydrogens is 417 g/mol. The highest BCUT2D eigenvalue weighted by Gasteiger charge is 2.72. The highest BCUT2D eigenvalue weighted by Crippen LogP contribution is 2.64. The van der Waals surface area contributed by atoms with E-state index in [4.69, 9.17) is 10.5 Å². The van der Waals surface area contributed by atoms with E-state index in [9.17, 15) is 27.6 Å². The van der Waals surface area contributed by atoms with E-state index in [2.05, 4.69) is 10.6 Å². The van der Waals surface area contributed by atoms with Crippen molar-refractivity contribution in [1.82, 2.24) is 15.5 Å². The molecule has 4 N–H and O–H groups in total. The number of nitrogens with two attached hydrogens (primary N) is 1. The largest absolute Gasteiger partial charge is 0.447 e. The van der Waals surface area contributed by atoms with Crippen molar-refractivity contribution in [3.8, 4) is 0 Å². The number of carbonyl (C=O) groups excluding carboxylic acids is 3. The number of alkyl halides is 3. The van der Waals surface area contributed by atoms with E-state index in [0.717, 1.165) is 12.1 Å². The van der Waals surface area contributed by atoms with Crippen LogP contribution in [-0.2, 0) is 22.3 Å². The summed E-state index contributed by atoms with van der Waals surface area (Å²) in [6.07, 6.45) is -3.97. The van der Waals surface area contributed by atoms with E-state index in [1.165, 1.54) is 17.0 Å². The molecule has 4 rings (SSSR count). The summed E-state index contributed by atoms with van der Waals surface area (Å²) >= 11 is 0. The van der Waals surface area contributed by atoms with Gasteiger partial charge < -0.3 is 26.0 Å². The molecular formula is C20H25F3N4O4. The van der Waals surface area contributed by atoms with Gasteiger partial charge in [-0.3, -0.25) is 4.79 Å². The molecule has 0 saturated heterocycles. The minimum atomic E-state index is -4.50. The van der Waals surface area contributed by atoms with Gasteiger partial charge in [-0.15, -0.1) is 0 Å². The van der Waals surface area contributed by atoms with E-state index in [0.29, 0.717) is 24.8 Å². The van der Waals surface area contributed by atoms with Gasteiger partial charge in [-0.05, 0) is 50.8 Å². The first-order chi connectivity index (χ1) is 14.3. The second kappa shape index (κ2) is 7.93. The zero-order valence-corrected chi connectivity index (χ0v) is 17.2. The number of nitrogens with one attached hydrogen (secondary N) is 2. The smallest absolute Gasteiger partial charge is 0.416 e. The highest BCUT2D eigenvalue weighted by molar-refractivity contribution is 5.84. The second-order valence-electron chi connectivity index (χ2n) is 8.51. The quantitative estimate of drug-likeness (QED) is 0.602. The Balaban J connectivity index is 1.73. The van der Waals surface area contributed by atoms with E-state index < -0.39 is 40.8 Å². The maximum absolute atomic E-state index is 13.1. The zero-order chi connectivity index (χ0) is 23.0. The number of ether oxygens (including phenoxy) is 1. The number of alkyl carbamates (subject to hydrolysis) is 1. The summed E-state index contributed by atoms with van der Waals surface area (Å²) in [5.41, 5.74) is 3.45. The van der Waals surface area contributed by atoms with Crippen LogP contribution in [0.2, 0.25) is 0 Å². The van der Waals surface area contributed by atoms with Crippen molar-refractivity contribution in [3.05, 3.63) is 35.4 Å². The number of nitrogens with zero attached hydrogens (tertiary/aromatic N) is 1. The molecule has 31 heavy (non-hydrogen) atoms. The Bertz CT molecular complexity index is 868. The van der Waals surface area contributed by atoms with Crippen molar-refractivity contribution in [3.63, 3.8) is 0 Å². The molecule has 0 spiro atoms. The SMILES string of the molecule is CC(C)OC(=O)NC12CC(N(Cc3cccc(C(F)(F)F)c3)C(=O)CNC(N)=O)(C1)C2. The molecule has 4 amide bonds. The first-order valence-corrected chi connectivity index (χ1v) is 9.83. The van der Waals surface area contributed by atoms with Crippen molar-refractivity contribution < 1.29 is 32.3 Å². The molecule has 0 atom stereocenters. The van der Waals surface area contributed by atoms with Crippen LogP contribution in [0.3, 0.4) is 0 Å². The van der Waals surface area contributed by atoms with Crippen LogP contribution in [0.15, 0.2) is 24.3 Å². The minimum absolute atomic E-state index is 0.0598. The summed E-state index contributed by atoms with van der Waals surface area (Å²) in [6.45, 7) is 3.02. The zero-order valence-electron chi connectivity index (χ0n) is 17.2. The van der Waals surface area contributed by atoms with Gasteiger partial charge in [-0.2, -0.15) is 13.2 Å². The topological polar surface area (TPSA) is 114 Å². The molecule has 1 aromatic carbocycles. The summed E-state index contributed by atoms with van der Waals surface area (Å²) in [7, 11) is 0. The highest BCUT2D eigenvalue weighted by atomic mass is 19.4. The molecule has 3 aliphatic rings. The molecule has 3 saturated carbocycles. The molecule has 170 valence electrons. The lowest BCUT2D eigenvalue weighted by atomic mass is 9.43. The van der Waals surface area contributed by atoms with Crippen LogP contribution in [0.5, 0.6) is 0 Å². The first kappa shape index (κ1) is 22.7. The van der Waals surface area contributed by atoms with Crippen molar-refractivity contribution in [1.29, 1.82) is 0 Å². The van der Waals surface area contributed by atoms with Crippen LogP contribution in [0, 0.1) is 0 Å². The predicted molar refractivity (Wildman–Crippen MR) is 104 cm³/mol. The third kappa shape index (κ3) is 4.86. The molecule has 3 aliphatic carbocycles. The van der Waals surface area contributed by atoms with Crippen LogP contribution >= 0.6 is 0 Å². The number of rotatable bonds is 7. The van der Waals surface area contributed by atoms with Gasteiger partial charge in [0, 0.05) is 6.54 Å². The summed E-state index contributed by atoms with van der Waals surface area (Å²) in [4.78, 5) is 37.2. The van der Waals surface area contributed by atoms with Gasteiger partial charge in [0.1, 0.15) is 0 Å². The Kier molecular flexibility index (Phi) is 5.81. The number of primary amides is 1. The lowest BCUT2D eigenvalue weighted by Crippen LogP contribution is -2.84. The number of carbonyl (C=O) groups is 3. The molecule has 8 nitrogen and oxygen atoms in total. The first-order valence-electron chi connectivity index (χ1n) is 9.83. The Labute approximate surface area is 177 Å². The number of hydrogen-bond acceptors (Lipinski definition) is 4. The van der Waals surface area contributed by atoms with Crippen molar-refractivity contribution in [2.24, 2.45) is 5.73 Å². The van der Waals surface area contributed by atoms with Crippen LogP contribution in [-0.4, -0.2) is 46.7 Å². The number of benzene rings is 1. The predicted octanol–water partition coefficient (Wildman–Crippen LogP) is 2.51. The molecule has 0 aromatic heterocycles. The van der Waals surface area contributed by atoms with E-state index >= 15 is 0 Å². The average Bonchev–Trinajstić information content (AvgIpc) is 2.58. The molecule has 0 heterocycles. The van der Waals surface area contributed by atoms with Gasteiger partial charge in [0.2, 0.25) is 5.91 Å². The third-order valence-electron chi connectivity index (χ3n) is 5.59. The molecule has 0 aliphatic heterocycles. The summed E-state index contributed by atoms with van der Waals surface area (Å²) in [6, 6.07) is 3.89. The van der Waals surface area contributed by atoms with Crippen molar-refractivity contribution in [2.75, 3.05) is 6.54 Å². The lowest BCUT2D eigenvalue weighted by Gasteiger charge is -2.73. The van der Waals surface area contributed by atoms with Crippen LogP contribution in [0.25, 0.3) is 0 Å². The van der Waals surface area contributed by atoms with Crippen LogP contribution in [0.4, 0.5) is 22.8 Å². The fourth-order valence-electron chi connectivity index (χ4n) is 4.42. The Morgan fingerprint density at radius 1 is 1.23 bits per heavy atom. The fourth-order valence-corrected chi connectivity index (χ4v) is 4.42. The van der Waals surface area contributed by atoms with Gasteiger partial charge in [-0.25, -0.2) is 9.59 Å². The second-order valence-corrected chi connectivity index (χ2v) is 8.51. The van der Waals surface area contributed by atoms with E-state index in [1.54, 1.807) is 13.8 Å². The molecule has 2 bridgehead atoms. The van der Waals surface area contributed by atoms with Crippen molar-refractivity contribution >= 4 is 18.0 Å². The Hall–Kier alpha value is -2.98. The van der Waals surface area contributed by atoms with Gasteiger partial charge in [0.25, 0.3) is 0 Å². The molecule has 0 unspecified atom stereocenters. The molecule has 0 radical (unpaired) electrons. The van der Waals surface area contributed by atoms with E-state index in [-0.39, 0.29) is 19.2 Å². The molecule has 1 aromatic rings. The number of urea groups is 1. The monoisotopic (exact) mass is 442 g/mol. The van der Waals surface area contributed by atoms with Gasteiger partial charge in [0.15, 0.2) is 0 Å². The van der Waals surface area contributed by atoms with E-state index in [1.807, 2.05) is 0 Å². The van der Waals surface area contributed by atoms with Gasteiger partial charge >= 0.3 is 18.3 Å². The van der Waals surface area contributed by atoms with Crippen molar-refractivity contribution in [2.45, 2.75) is 63.0 Å². The Morgan fingerprint density at radius 3 is 2.42 bits per heavy atom. The standard InChI is InChI=1S/C20H25F3N4O4/c1-12(2)31-17(30)26-18-9-19(10-18,11-18)27(15(28)7-25-16(24)29)8-13-4-3-5-14(6-13)20(21,22)23/h3-6,12H,7-11H2,1-2H3,(H,26,30)(H3,24,25,29). The number of amides is 4. The van der Waals surface area contributed by atoms with Gasteiger partial charge in [-0.1, -0.05) is 12.1 Å². The molecule has 3 fully saturated rings. The Morgan fingerprint density at radius 2 is 1.87 bits per heavy atom. The summed E-state index contributed by atoms with van der Waals surface area (Å²) < 4.78 is 44.3. The maximum Gasteiger partial charge on any atom is 0.416 e. The summed E-state index contributed by atoms with van der Waals surface area (Å²) in [5.74, 6) is -0.464. The maximum atomic E-state index is 13.1. The third-order valence-corrected chi connectivity index (χ3v) is 5.59. The molecule has 11 heteroatoms. The summed E-state index contributed by atoms with van der Waals surface area (Å²) in [5, 5.41) is 5.04. The number of hydrogen-bond donors (Lipinski definition) is 3. The van der Waals surface area contributed by atoms with Crippen LogP contribution in [0.1, 0.15) is 44.2 Å². The van der Waals surface area contributed by atoms with Gasteiger partial charge in [0.05, 0.1) is 29.3 Å². The van der Waals surface area contributed by atoms with Crippen LogP contribution < -0.4 is 16.4 Å². The fraction of sp³-hybridized carbons (Fsp3) is 0.550. The minimum Gasteiger partial charge on any atom is -0.447 e. The number of halogens is 3.